The van der Waals surface area contributed by atoms with E-state index < -0.39 is 46.9 Å². The van der Waals surface area contributed by atoms with E-state index in [1.165, 1.54) is 0 Å². The standard InChI is InChI=1S/C24H37NO7/c1-5-25-10-21(11-30-2)7-6-15(26)23-13-8-12-14(31-3)9-22(28,16(13)17(12)27)24(29,20(23)25)19(32-4)18(21)23/h12-16,18-20,26,28-29H,5-11H2,1-4H3. The summed E-state index contributed by atoms with van der Waals surface area (Å²) >= 11 is 0. The highest BCUT2D eigenvalue weighted by atomic mass is 16.5. The molecule has 12 atom stereocenters. The van der Waals surface area contributed by atoms with E-state index in [9.17, 15) is 20.1 Å². The van der Waals surface area contributed by atoms with Gasteiger partial charge in [-0.2, -0.15) is 0 Å². The molecule has 1 aliphatic heterocycles. The summed E-state index contributed by atoms with van der Waals surface area (Å²) in [4.78, 5) is 15.9. The summed E-state index contributed by atoms with van der Waals surface area (Å²) in [6, 6.07) is -0.483. The number of fused-ring (bicyclic) bond motifs is 2. The number of likely N-dealkylation sites (tertiary alicyclic amines) is 1. The summed E-state index contributed by atoms with van der Waals surface area (Å²) < 4.78 is 17.6. The Morgan fingerprint density at radius 2 is 1.94 bits per heavy atom. The maximum Gasteiger partial charge on any atom is 0.144 e. The number of carbonyl (C=O) groups is 1. The first-order chi connectivity index (χ1) is 15.2. The fourth-order valence-electron chi connectivity index (χ4n) is 10.4. The normalized spacial score (nSPS) is 60.2. The molecule has 0 aromatic heterocycles. The zero-order valence-corrected chi connectivity index (χ0v) is 19.5. The number of aliphatic hydroxyl groups excluding tert-OH is 1. The average Bonchev–Trinajstić information content (AvgIpc) is 3.14. The predicted octanol–water partition coefficient (Wildman–Crippen LogP) is -0.175. The van der Waals surface area contributed by atoms with Crippen LogP contribution in [-0.2, 0) is 19.0 Å². The van der Waals surface area contributed by atoms with Crippen LogP contribution in [-0.4, -0.2) is 103 Å². The Morgan fingerprint density at radius 1 is 1.19 bits per heavy atom. The quantitative estimate of drug-likeness (QED) is 0.529. The molecule has 8 heteroatoms. The average molecular weight is 452 g/mol. The summed E-state index contributed by atoms with van der Waals surface area (Å²) in [5.74, 6) is -1.43. The van der Waals surface area contributed by atoms with Gasteiger partial charge >= 0.3 is 0 Å². The van der Waals surface area contributed by atoms with Crippen LogP contribution in [0.2, 0.25) is 0 Å². The Labute approximate surface area is 189 Å². The third-order valence-electron chi connectivity index (χ3n) is 11.0. The highest BCUT2D eigenvalue weighted by molar-refractivity contribution is 5.90. The number of methoxy groups -OCH3 is 3. The molecule has 1 spiro atoms. The number of ketones is 1. The van der Waals surface area contributed by atoms with Crippen molar-refractivity contribution < 1.29 is 34.3 Å². The molecule has 6 aliphatic rings. The second-order valence-corrected chi connectivity index (χ2v) is 11.5. The smallest absolute Gasteiger partial charge is 0.144 e. The molecule has 0 amide bonds. The number of likely N-dealkylation sites (N-methyl/N-ethyl adjacent to an activating group) is 1. The van der Waals surface area contributed by atoms with Gasteiger partial charge in [0.1, 0.15) is 17.0 Å². The molecule has 0 aromatic carbocycles. The molecule has 32 heavy (non-hydrogen) atoms. The number of aliphatic hydroxyl groups is 3. The molecular formula is C24H37NO7. The van der Waals surface area contributed by atoms with Gasteiger partial charge in [0.2, 0.25) is 0 Å². The second-order valence-electron chi connectivity index (χ2n) is 11.5. The maximum absolute atomic E-state index is 13.7. The number of ether oxygens (including phenoxy) is 3. The third kappa shape index (κ3) is 1.94. The molecule has 1 heterocycles. The lowest BCUT2D eigenvalue weighted by atomic mass is 9.43. The minimum Gasteiger partial charge on any atom is -0.392 e. The second kappa shape index (κ2) is 6.53. The van der Waals surface area contributed by atoms with Crippen molar-refractivity contribution >= 4 is 5.78 Å². The van der Waals surface area contributed by atoms with Crippen molar-refractivity contribution in [1.29, 1.82) is 0 Å². The van der Waals surface area contributed by atoms with Gasteiger partial charge in [-0.25, -0.2) is 0 Å². The summed E-state index contributed by atoms with van der Waals surface area (Å²) in [7, 11) is 4.87. The zero-order chi connectivity index (χ0) is 22.8. The lowest BCUT2D eigenvalue weighted by Gasteiger charge is -2.69. The van der Waals surface area contributed by atoms with Gasteiger partial charge in [-0.05, 0) is 31.7 Å². The van der Waals surface area contributed by atoms with E-state index in [0.29, 0.717) is 26.0 Å². The Balaban J connectivity index is 1.68. The number of nitrogens with zero attached hydrogens (tertiary/aromatic N) is 1. The van der Waals surface area contributed by atoms with Crippen LogP contribution in [0.25, 0.3) is 0 Å². The van der Waals surface area contributed by atoms with Gasteiger partial charge in [-0.3, -0.25) is 9.69 Å². The van der Waals surface area contributed by atoms with Gasteiger partial charge in [-0.15, -0.1) is 0 Å². The lowest BCUT2D eigenvalue weighted by molar-refractivity contribution is -0.299. The van der Waals surface area contributed by atoms with Gasteiger partial charge in [0.05, 0.1) is 36.9 Å². The number of rotatable bonds is 5. The van der Waals surface area contributed by atoms with Gasteiger partial charge in [0.15, 0.2) is 0 Å². The third-order valence-corrected chi connectivity index (χ3v) is 11.0. The van der Waals surface area contributed by atoms with Crippen molar-refractivity contribution in [3.8, 4) is 0 Å². The molecule has 5 aliphatic carbocycles. The molecule has 6 rings (SSSR count). The number of carbonyl (C=O) groups excluding carboxylic acids is 1. The van der Waals surface area contributed by atoms with E-state index in [4.69, 9.17) is 14.2 Å². The molecule has 0 radical (unpaired) electrons. The van der Waals surface area contributed by atoms with Crippen LogP contribution in [0.15, 0.2) is 0 Å². The van der Waals surface area contributed by atoms with Crippen molar-refractivity contribution in [2.24, 2.45) is 34.5 Å². The van der Waals surface area contributed by atoms with E-state index in [1.54, 1.807) is 21.3 Å². The number of hydrogen-bond acceptors (Lipinski definition) is 8. The van der Waals surface area contributed by atoms with Crippen molar-refractivity contribution in [2.75, 3.05) is 41.0 Å². The Kier molecular flexibility index (Phi) is 4.47. The minimum atomic E-state index is -1.69. The molecule has 5 saturated carbocycles. The molecule has 8 nitrogen and oxygen atoms in total. The van der Waals surface area contributed by atoms with Gasteiger partial charge in [-0.1, -0.05) is 6.92 Å². The molecule has 7 bridgehead atoms. The summed E-state index contributed by atoms with van der Waals surface area (Å²) in [5, 5.41) is 37.0. The van der Waals surface area contributed by atoms with E-state index in [1.807, 2.05) is 0 Å². The Morgan fingerprint density at radius 3 is 2.56 bits per heavy atom. The summed E-state index contributed by atoms with van der Waals surface area (Å²) in [6.07, 6.45) is 0.350. The van der Waals surface area contributed by atoms with Crippen LogP contribution in [0.1, 0.15) is 32.6 Å². The Hall–Kier alpha value is -0.610. The van der Waals surface area contributed by atoms with Crippen molar-refractivity contribution in [3.05, 3.63) is 0 Å². The fourth-order valence-corrected chi connectivity index (χ4v) is 10.4. The zero-order valence-electron chi connectivity index (χ0n) is 19.5. The largest absolute Gasteiger partial charge is 0.392 e. The van der Waals surface area contributed by atoms with Gasteiger partial charge in [0.25, 0.3) is 0 Å². The summed E-state index contributed by atoms with van der Waals surface area (Å²) in [5.41, 5.74) is -4.40. The lowest BCUT2D eigenvalue weighted by Crippen LogP contribution is -2.81. The SMILES string of the molecule is CCN1CC2(COC)CCC(O)C34C5CC6C(=O)C5C(O)(CC6OC)C(O)(C(OC)C23)C14. The highest BCUT2D eigenvalue weighted by Gasteiger charge is 2.91. The van der Waals surface area contributed by atoms with Crippen LogP contribution in [0, 0.1) is 34.5 Å². The first-order valence-electron chi connectivity index (χ1n) is 12.2. The molecule has 180 valence electrons. The van der Waals surface area contributed by atoms with Crippen LogP contribution >= 0.6 is 0 Å². The van der Waals surface area contributed by atoms with E-state index >= 15 is 0 Å². The van der Waals surface area contributed by atoms with Gasteiger partial charge < -0.3 is 29.5 Å². The van der Waals surface area contributed by atoms with E-state index in [-0.39, 0.29) is 35.4 Å². The van der Waals surface area contributed by atoms with Crippen LogP contribution in [0.4, 0.5) is 0 Å². The maximum atomic E-state index is 13.7. The van der Waals surface area contributed by atoms with Crippen molar-refractivity contribution in [1.82, 2.24) is 4.90 Å². The van der Waals surface area contributed by atoms with Crippen LogP contribution < -0.4 is 0 Å². The monoisotopic (exact) mass is 451 g/mol. The molecule has 1 saturated heterocycles. The van der Waals surface area contributed by atoms with Crippen LogP contribution in [0.3, 0.4) is 0 Å². The number of Topliss-reactive ketones (excluding diaryl/α,β-unsaturated/α-hetero) is 1. The first-order valence-corrected chi connectivity index (χ1v) is 12.2. The van der Waals surface area contributed by atoms with Gasteiger partial charge in [0, 0.05) is 57.0 Å². The van der Waals surface area contributed by atoms with Crippen LogP contribution in [0.5, 0.6) is 0 Å². The van der Waals surface area contributed by atoms with Crippen molar-refractivity contribution in [2.45, 2.75) is 68.2 Å². The summed E-state index contributed by atoms with van der Waals surface area (Å²) in [6.45, 7) is 3.96. The molecular weight excluding hydrogens is 414 g/mol. The topological polar surface area (TPSA) is 109 Å². The molecule has 0 aromatic rings. The molecule has 3 N–H and O–H groups in total. The van der Waals surface area contributed by atoms with E-state index in [0.717, 1.165) is 13.0 Å². The first kappa shape index (κ1) is 21.9. The highest BCUT2D eigenvalue weighted by Crippen LogP contribution is 2.79. The molecule has 12 unspecified atom stereocenters. The molecule has 6 fully saturated rings. The van der Waals surface area contributed by atoms with Crippen molar-refractivity contribution in [3.63, 3.8) is 0 Å². The number of hydrogen-bond donors (Lipinski definition) is 3. The Bertz CT molecular complexity index is 839. The van der Waals surface area contributed by atoms with E-state index in [2.05, 4.69) is 11.8 Å². The number of piperidine rings is 1. The predicted molar refractivity (Wildman–Crippen MR) is 113 cm³/mol. The fraction of sp³-hybridized carbons (Fsp3) is 0.958. The minimum absolute atomic E-state index is 0.0129.